The van der Waals surface area contributed by atoms with Crippen molar-refractivity contribution >= 4 is 11.7 Å². The Morgan fingerprint density at radius 1 is 1.44 bits per heavy atom. The molecule has 0 saturated heterocycles. The fourth-order valence-corrected chi connectivity index (χ4v) is 1.73. The van der Waals surface area contributed by atoms with Gasteiger partial charge in [-0.25, -0.2) is 4.79 Å². The van der Waals surface area contributed by atoms with Crippen LogP contribution in [-0.2, 0) is 9.53 Å². The zero-order valence-electron chi connectivity index (χ0n) is 10.8. The number of esters is 1. The summed E-state index contributed by atoms with van der Waals surface area (Å²) in [4.78, 5) is 13.7. The monoisotopic (exact) mass is 246 g/mol. The summed E-state index contributed by atoms with van der Waals surface area (Å²) >= 11 is 0. The smallest absolute Gasteiger partial charge is 0.328 e. The molecule has 0 spiro atoms. The van der Waals surface area contributed by atoms with E-state index in [2.05, 4.69) is 6.07 Å². The van der Waals surface area contributed by atoms with Gasteiger partial charge in [0.25, 0.3) is 0 Å². The number of benzene rings is 1. The minimum atomic E-state index is -0.388. The van der Waals surface area contributed by atoms with Crippen molar-refractivity contribution in [1.29, 1.82) is 5.26 Å². The lowest BCUT2D eigenvalue weighted by Crippen LogP contribution is -2.40. The van der Waals surface area contributed by atoms with Crippen molar-refractivity contribution in [3.8, 4) is 6.07 Å². The first-order valence-corrected chi connectivity index (χ1v) is 6.06. The fourth-order valence-electron chi connectivity index (χ4n) is 1.73. The molecule has 0 aromatic heterocycles. The number of hydrogen-bond donors (Lipinski definition) is 0. The van der Waals surface area contributed by atoms with E-state index in [0.717, 1.165) is 5.69 Å². The van der Waals surface area contributed by atoms with Crippen LogP contribution in [0.3, 0.4) is 0 Å². The Morgan fingerprint density at radius 3 is 2.67 bits per heavy atom. The van der Waals surface area contributed by atoms with E-state index in [1.165, 1.54) is 0 Å². The van der Waals surface area contributed by atoms with Gasteiger partial charge in [-0.1, -0.05) is 18.2 Å². The molecule has 18 heavy (non-hydrogen) atoms. The van der Waals surface area contributed by atoms with Crippen LogP contribution in [0.4, 0.5) is 5.69 Å². The molecular formula is C14H18N2O2. The molecule has 0 heterocycles. The minimum absolute atomic E-state index is 0.265. The predicted molar refractivity (Wildman–Crippen MR) is 70.1 cm³/mol. The molecule has 0 fully saturated rings. The van der Waals surface area contributed by atoms with Crippen LogP contribution in [0.2, 0.25) is 0 Å². The summed E-state index contributed by atoms with van der Waals surface area (Å²) in [7, 11) is 0. The number of nitrogens with zero attached hydrogens (tertiary/aromatic N) is 2. The number of ether oxygens (including phenoxy) is 1. The molecule has 0 bridgehead atoms. The zero-order chi connectivity index (χ0) is 13.4. The molecule has 1 aromatic rings. The van der Waals surface area contributed by atoms with Crippen molar-refractivity contribution in [2.45, 2.75) is 26.3 Å². The highest BCUT2D eigenvalue weighted by Crippen LogP contribution is 2.17. The van der Waals surface area contributed by atoms with Crippen molar-refractivity contribution in [3.05, 3.63) is 30.3 Å². The quantitative estimate of drug-likeness (QED) is 0.723. The average molecular weight is 246 g/mol. The van der Waals surface area contributed by atoms with Crippen LogP contribution in [0.25, 0.3) is 0 Å². The normalized spacial score (nSPS) is 11.4. The molecule has 4 heteroatoms. The standard InChI is InChI=1S/C14H18N2O2/c1-3-18-14(17)12(2)16(11-7-10-15)13-8-5-4-6-9-13/h4-6,8-9,12H,3,7,11H2,1-2H3. The van der Waals surface area contributed by atoms with E-state index in [1.807, 2.05) is 35.2 Å². The van der Waals surface area contributed by atoms with Gasteiger partial charge < -0.3 is 9.64 Å². The first-order valence-electron chi connectivity index (χ1n) is 6.06. The Morgan fingerprint density at radius 2 is 2.11 bits per heavy atom. The first kappa shape index (κ1) is 14.0. The van der Waals surface area contributed by atoms with E-state index in [9.17, 15) is 4.79 Å². The largest absolute Gasteiger partial charge is 0.464 e. The van der Waals surface area contributed by atoms with Gasteiger partial charge >= 0.3 is 5.97 Å². The first-order chi connectivity index (χ1) is 8.70. The molecule has 4 nitrogen and oxygen atoms in total. The lowest BCUT2D eigenvalue weighted by atomic mass is 10.2. The zero-order valence-corrected chi connectivity index (χ0v) is 10.8. The Labute approximate surface area is 108 Å². The molecule has 0 aliphatic heterocycles. The number of carbonyl (C=O) groups is 1. The molecule has 1 atom stereocenters. The second-order valence-electron chi connectivity index (χ2n) is 3.87. The highest BCUT2D eigenvalue weighted by Gasteiger charge is 2.22. The number of carbonyl (C=O) groups excluding carboxylic acids is 1. The van der Waals surface area contributed by atoms with Gasteiger partial charge in [-0.2, -0.15) is 5.26 Å². The van der Waals surface area contributed by atoms with Crippen LogP contribution in [0.5, 0.6) is 0 Å². The molecular weight excluding hydrogens is 228 g/mol. The molecule has 0 aliphatic rings. The fraction of sp³-hybridized carbons (Fsp3) is 0.429. The summed E-state index contributed by atoms with van der Waals surface area (Å²) in [5.41, 5.74) is 0.924. The van der Waals surface area contributed by atoms with Crippen LogP contribution < -0.4 is 4.90 Å². The van der Waals surface area contributed by atoms with E-state index < -0.39 is 0 Å². The van der Waals surface area contributed by atoms with Crippen molar-refractivity contribution < 1.29 is 9.53 Å². The van der Waals surface area contributed by atoms with Gasteiger partial charge in [-0.3, -0.25) is 0 Å². The molecule has 1 aromatic carbocycles. The number of rotatable bonds is 6. The van der Waals surface area contributed by atoms with E-state index >= 15 is 0 Å². The summed E-state index contributed by atoms with van der Waals surface area (Å²) in [6.07, 6.45) is 0.374. The molecule has 96 valence electrons. The SMILES string of the molecule is CCOC(=O)C(C)N(CCC#N)c1ccccc1. The van der Waals surface area contributed by atoms with Crippen LogP contribution >= 0.6 is 0 Å². The lowest BCUT2D eigenvalue weighted by molar-refractivity contribution is -0.144. The van der Waals surface area contributed by atoms with Crippen LogP contribution in [0, 0.1) is 11.3 Å². The lowest BCUT2D eigenvalue weighted by Gasteiger charge is -2.29. The van der Waals surface area contributed by atoms with E-state index in [1.54, 1.807) is 13.8 Å². The van der Waals surface area contributed by atoms with Gasteiger partial charge in [-0.05, 0) is 26.0 Å². The van der Waals surface area contributed by atoms with Crippen molar-refractivity contribution in [1.82, 2.24) is 0 Å². The Bertz CT molecular complexity index is 412. The van der Waals surface area contributed by atoms with Gasteiger partial charge in [0, 0.05) is 12.2 Å². The summed E-state index contributed by atoms with van der Waals surface area (Å²) in [6.45, 7) is 4.46. The summed E-state index contributed by atoms with van der Waals surface area (Å²) < 4.78 is 5.02. The van der Waals surface area contributed by atoms with Crippen LogP contribution in [-0.4, -0.2) is 25.2 Å². The van der Waals surface area contributed by atoms with Crippen molar-refractivity contribution in [2.75, 3.05) is 18.1 Å². The topological polar surface area (TPSA) is 53.3 Å². The van der Waals surface area contributed by atoms with Gasteiger partial charge in [0.05, 0.1) is 19.1 Å². The molecule has 0 aliphatic carbocycles. The van der Waals surface area contributed by atoms with Gasteiger partial charge in [0.2, 0.25) is 0 Å². The van der Waals surface area contributed by atoms with Crippen LogP contribution in [0.15, 0.2) is 30.3 Å². The van der Waals surface area contributed by atoms with Crippen LogP contribution in [0.1, 0.15) is 20.3 Å². The summed E-state index contributed by atoms with van der Waals surface area (Å²) in [5.74, 6) is -0.265. The summed E-state index contributed by atoms with van der Waals surface area (Å²) in [6, 6.07) is 11.3. The van der Waals surface area contributed by atoms with E-state index in [-0.39, 0.29) is 12.0 Å². The maximum atomic E-state index is 11.8. The maximum Gasteiger partial charge on any atom is 0.328 e. The maximum absolute atomic E-state index is 11.8. The van der Waals surface area contributed by atoms with E-state index in [0.29, 0.717) is 19.6 Å². The minimum Gasteiger partial charge on any atom is -0.464 e. The third kappa shape index (κ3) is 3.77. The van der Waals surface area contributed by atoms with Gasteiger partial charge in [0.15, 0.2) is 0 Å². The van der Waals surface area contributed by atoms with Gasteiger partial charge in [-0.15, -0.1) is 0 Å². The number of para-hydroxylation sites is 1. The molecule has 0 amide bonds. The highest BCUT2D eigenvalue weighted by molar-refractivity contribution is 5.79. The molecule has 1 unspecified atom stereocenters. The Kier molecular flexibility index (Phi) is 5.72. The molecule has 1 rings (SSSR count). The third-order valence-corrected chi connectivity index (χ3v) is 2.65. The van der Waals surface area contributed by atoms with E-state index in [4.69, 9.17) is 10.00 Å². The molecule has 0 N–H and O–H groups in total. The average Bonchev–Trinajstić information content (AvgIpc) is 2.40. The Balaban J connectivity index is 2.85. The van der Waals surface area contributed by atoms with Crippen molar-refractivity contribution in [3.63, 3.8) is 0 Å². The van der Waals surface area contributed by atoms with Gasteiger partial charge in [0.1, 0.15) is 6.04 Å². The second kappa shape index (κ2) is 7.33. The number of hydrogen-bond acceptors (Lipinski definition) is 4. The number of nitriles is 1. The second-order valence-corrected chi connectivity index (χ2v) is 3.87. The predicted octanol–water partition coefficient (Wildman–Crippen LogP) is 2.36. The third-order valence-electron chi connectivity index (χ3n) is 2.65. The Hall–Kier alpha value is -2.02. The molecule has 0 radical (unpaired) electrons. The summed E-state index contributed by atoms with van der Waals surface area (Å²) in [5, 5.41) is 8.69. The molecule has 0 saturated carbocycles. The van der Waals surface area contributed by atoms with Crippen molar-refractivity contribution in [2.24, 2.45) is 0 Å². The number of anilines is 1. The highest BCUT2D eigenvalue weighted by atomic mass is 16.5.